The Morgan fingerprint density at radius 2 is 2.28 bits per heavy atom. The molecule has 2 aromatic heterocycles. The highest BCUT2D eigenvalue weighted by atomic mass is 32.1. The number of carbonyl (C=O) groups excluding carboxylic acids is 1. The topological polar surface area (TPSA) is 85.1 Å². The van der Waals surface area contributed by atoms with E-state index in [4.69, 9.17) is 5.11 Å². The van der Waals surface area contributed by atoms with Crippen molar-refractivity contribution in [3.8, 4) is 5.00 Å². The third kappa shape index (κ3) is 2.62. The molecule has 1 unspecified atom stereocenters. The van der Waals surface area contributed by atoms with Crippen LogP contribution in [-0.4, -0.2) is 31.6 Å². The highest BCUT2D eigenvalue weighted by molar-refractivity contribution is 7.16. The van der Waals surface area contributed by atoms with Crippen molar-refractivity contribution in [1.82, 2.24) is 14.8 Å². The summed E-state index contributed by atoms with van der Waals surface area (Å²) in [5.74, 6) is -1.65. The molecule has 1 N–H and O–H groups in total. The maximum atomic E-state index is 12.0. The third-order valence-corrected chi connectivity index (χ3v) is 3.50. The molecule has 2 heterocycles. The number of carboxylic acid groups (broad SMARTS) is 1. The van der Waals surface area contributed by atoms with E-state index in [9.17, 15) is 9.59 Å². The van der Waals surface area contributed by atoms with Crippen molar-refractivity contribution in [2.24, 2.45) is 5.92 Å². The van der Waals surface area contributed by atoms with Crippen LogP contribution in [0.15, 0.2) is 24.8 Å². The van der Waals surface area contributed by atoms with E-state index in [-0.39, 0.29) is 12.2 Å². The zero-order valence-electron chi connectivity index (χ0n) is 9.61. The van der Waals surface area contributed by atoms with E-state index >= 15 is 0 Å². The first kappa shape index (κ1) is 12.4. The molecule has 0 aliphatic heterocycles. The van der Waals surface area contributed by atoms with Gasteiger partial charge in [0.2, 0.25) is 0 Å². The molecule has 94 valence electrons. The summed E-state index contributed by atoms with van der Waals surface area (Å²) in [4.78, 5) is 26.9. The molecule has 0 aliphatic rings. The van der Waals surface area contributed by atoms with Crippen molar-refractivity contribution in [2.45, 2.75) is 13.3 Å². The second kappa shape index (κ2) is 5.09. The third-order valence-electron chi connectivity index (χ3n) is 2.41. The predicted octanol–water partition coefficient (Wildman–Crippen LogP) is 1.62. The molecule has 0 aromatic carbocycles. The average molecular weight is 265 g/mol. The number of rotatable bonds is 5. The van der Waals surface area contributed by atoms with Crippen LogP contribution in [0.1, 0.15) is 23.0 Å². The number of nitrogens with zero attached hydrogens (tertiary/aromatic N) is 3. The van der Waals surface area contributed by atoms with Crippen LogP contribution in [0.2, 0.25) is 0 Å². The van der Waals surface area contributed by atoms with Gasteiger partial charge in [0.25, 0.3) is 0 Å². The molecule has 6 nitrogen and oxygen atoms in total. The molecule has 2 rings (SSSR count). The first-order valence-corrected chi connectivity index (χ1v) is 6.10. The van der Waals surface area contributed by atoms with Crippen molar-refractivity contribution in [1.29, 1.82) is 0 Å². The SMILES string of the molecule is CC(CC(=O)O)C(=O)c1ccc(-n2cncn2)s1. The normalized spacial score (nSPS) is 12.3. The van der Waals surface area contributed by atoms with Gasteiger partial charge in [0.1, 0.15) is 17.7 Å². The van der Waals surface area contributed by atoms with Crippen molar-refractivity contribution in [3.05, 3.63) is 29.7 Å². The van der Waals surface area contributed by atoms with Crippen LogP contribution in [0.3, 0.4) is 0 Å². The Hall–Kier alpha value is -2.02. The van der Waals surface area contributed by atoms with Gasteiger partial charge < -0.3 is 5.11 Å². The molecular formula is C11H11N3O3S. The maximum Gasteiger partial charge on any atom is 0.304 e. The minimum atomic E-state index is -0.969. The van der Waals surface area contributed by atoms with E-state index < -0.39 is 11.9 Å². The highest BCUT2D eigenvalue weighted by Crippen LogP contribution is 2.23. The zero-order chi connectivity index (χ0) is 13.1. The van der Waals surface area contributed by atoms with Gasteiger partial charge in [0.15, 0.2) is 5.78 Å². The number of ketones is 1. The Morgan fingerprint density at radius 3 is 2.89 bits per heavy atom. The van der Waals surface area contributed by atoms with Gasteiger partial charge in [-0.25, -0.2) is 9.67 Å². The molecule has 0 fully saturated rings. The minimum absolute atomic E-state index is 0.157. The van der Waals surface area contributed by atoms with E-state index in [1.807, 2.05) is 0 Å². The molecular weight excluding hydrogens is 254 g/mol. The predicted molar refractivity (Wildman–Crippen MR) is 65.0 cm³/mol. The van der Waals surface area contributed by atoms with Gasteiger partial charge in [-0.05, 0) is 12.1 Å². The van der Waals surface area contributed by atoms with E-state index in [0.29, 0.717) is 4.88 Å². The molecule has 0 radical (unpaired) electrons. The molecule has 0 bridgehead atoms. The number of aromatic nitrogens is 3. The van der Waals surface area contributed by atoms with Gasteiger partial charge >= 0.3 is 5.97 Å². The monoisotopic (exact) mass is 265 g/mol. The highest BCUT2D eigenvalue weighted by Gasteiger charge is 2.20. The second-order valence-electron chi connectivity index (χ2n) is 3.84. The largest absolute Gasteiger partial charge is 0.481 e. The smallest absolute Gasteiger partial charge is 0.304 e. The lowest BCUT2D eigenvalue weighted by Gasteiger charge is -2.04. The number of thiophene rings is 1. The van der Waals surface area contributed by atoms with Crippen LogP contribution in [0, 0.1) is 5.92 Å². The quantitative estimate of drug-likeness (QED) is 0.830. The minimum Gasteiger partial charge on any atom is -0.481 e. The molecule has 7 heteroatoms. The molecule has 18 heavy (non-hydrogen) atoms. The van der Waals surface area contributed by atoms with Crippen LogP contribution >= 0.6 is 11.3 Å². The summed E-state index contributed by atoms with van der Waals surface area (Å²) in [5, 5.41) is 13.4. The van der Waals surface area contributed by atoms with Crippen LogP contribution in [0.4, 0.5) is 0 Å². The Labute approximate surface area is 107 Å². The lowest BCUT2D eigenvalue weighted by Crippen LogP contribution is -2.14. The molecule has 0 saturated carbocycles. The fourth-order valence-electron chi connectivity index (χ4n) is 1.50. The first-order valence-electron chi connectivity index (χ1n) is 5.29. The van der Waals surface area contributed by atoms with E-state index in [1.54, 1.807) is 30.1 Å². The summed E-state index contributed by atoms with van der Waals surface area (Å²) in [6.07, 6.45) is 2.80. The summed E-state index contributed by atoms with van der Waals surface area (Å²) in [5.41, 5.74) is 0. The van der Waals surface area contributed by atoms with Crippen molar-refractivity contribution >= 4 is 23.1 Å². The number of carbonyl (C=O) groups is 2. The summed E-state index contributed by atoms with van der Waals surface area (Å²) in [6, 6.07) is 3.45. The van der Waals surface area contributed by atoms with Gasteiger partial charge in [-0.15, -0.1) is 11.3 Å². The second-order valence-corrected chi connectivity index (χ2v) is 4.90. The van der Waals surface area contributed by atoms with Crippen LogP contribution in [0.5, 0.6) is 0 Å². The Morgan fingerprint density at radius 1 is 1.50 bits per heavy atom. The molecule has 2 aromatic rings. The Bertz CT molecular complexity index is 562. The average Bonchev–Trinajstić information content (AvgIpc) is 2.97. The number of Topliss-reactive ketones (excluding diaryl/α,β-unsaturated/α-hetero) is 1. The summed E-state index contributed by atoms with van der Waals surface area (Å²) in [6.45, 7) is 1.62. The van der Waals surface area contributed by atoms with Crippen LogP contribution in [-0.2, 0) is 4.79 Å². The van der Waals surface area contributed by atoms with Gasteiger partial charge in [-0.3, -0.25) is 9.59 Å². The molecule has 0 spiro atoms. The van der Waals surface area contributed by atoms with Gasteiger partial charge in [0, 0.05) is 5.92 Å². The number of hydrogen-bond donors (Lipinski definition) is 1. The lowest BCUT2D eigenvalue weighted by molar-refractivity contribution is -0.137. The first-order chi connectivity index (χ1) is 8.58. The van der Waals surface area contributed by atoms with Gasteiger partial charge in [0.05, 0.1) is 11.3 Å². The number of carboxylic acids is 1. The maximum absolute atomic E-state index is 12.0. The van der Waals surface area contributed by atoms with Crippen molar-refractivity contribution in [2.75, 3.05) is 0 Å². The fraction of sp³-hybridized carbons (Fsp3) is 0.273. The summed E-state index contributed by atoms with van der Waals surface area (Å²) in [7, 11) is 0. The zero-order valence-corrected chi connectivity index (χ0v) is 10.4. The standard InChI is InChI=1S/C11H11N3O3S/c1-7(4-10(15)16)11(17)8-2-3-9(18-8)14-6-12-5-13-14/h2-3,5-7H,4H2,1H3,(H,15,16). The van der Waals surface area contributed by atoms with Gasteiger partial charge in [-0.1, -0.05) is 6.92 Å². The Balaban J connectivity index is 2.15. The summed E-state index contributed by atoms with van der Waals surface area (Å²) < 4.78 is 1.56. The molecule has 0 saturated heterocycles. The summed E-state index contributed by atoms with van der Waals surface area (Å²) >= 11 is 1.27. The van der Waals surface area contributed by atoms with Gasteiger partial charge in [-0.2, -0.15) is 5.10 Å². The van der Waals surface area contributed by atoms with Crippen molar-refractivity contribution in [3.63, 3.8) is 0 Å². The lowest BCUT2D eigenvalue weighted by atomic mass is 10.0. The van der Waals surface area contributed by atoms with Crippen LogP contribution in [0.25, 0.3) is 5.00 Å². The van der Waals surface area contributed by atoms with E-state index in [1.165, 1.54) is 17.7 Å². The van der Waals surface area contributed by atoms with E-state index in [2.05, 4.69) is 10.1 Å². The van der Waals surface area contributed by atoms with Crippen molar-refractivity contribution < 1.29 is 14.7 Å². The number of aliphatic carboxylic acids is 1. The molecule has 0 aliphatic carbocycles. The molecule has 1 atom stereocenters. The molecule has 0 amide bonds. The number of hydrogen-bond acceptors (Lipinski definition) is 5. The fourth-order valence-corrected chi connectivity index (χ4v) is 2.49. The van der Waals surface area contributed by atoms with Crippen LogP contribution < -0.4 is 0 Å². The van der Waals surface area contributed by atoms with E-state index in [0.717, 1.165) is 5.00 Å². The Kier molecular flexibility index (Phi) is 3.52.